The van der Waals surface area contributed by atoms with Crippen LogP contribution in [0, 0.1) is 0 Å². The Morgan fingerprint density at radius 2 is 1.33 bits per heavy atom. The zero-order valence-corrected chi connectivity index (χ0v) is 15.8. The van der Waals surface area contributed by atoms with Crippen molar-refractivity contribution in [3.63, 3.8) is 0 Å². The van der Waals surface area contributed by atoms with Gasteiger partial charge in [-0.1, -0.05) is 106 Å². The molecule has 0 spiro atoms. The van der Waals surface area contributed by atoms with Crippen molar-refractivity contribution in [2.24, 2.45) is 0 Å². The molecule has 2 unspecified atom stereocenters. The van der Waals surface area contributed by atoms with E-state index in [1.54, 1.807) is 0 Å². The molecule has 0 radical (unpaired) electrons. The van der Waals surface area contributed by atoms with Crippen LogP contribution >= 0.6 is 15.9 Å². The molecule has 0 bridgehead atoms. The van der Waals surface area contributed by atoms with Gasteiger partial charge < -0.3 is 0 Å². The molecule has 0 N–H and O–H groups in total. The van der Waals surface area contributed by atoms with Crippen molar-refractivity contribution in [3.05, 3.63) is 35.4 Å². The number of rotatable bonds is 11. The largest absolute Gasteiger partial charge is 0.0839 e. The minimum atomic E-state index is 0.527. The van der Waals surface area contributed by atoms with Crippen LogP contribution in [0.2, 0.25) is 0 Å². The minimum absolute atomic E-state index is 0.527. The Hall–Kier alpha value is -0.300. The molecule has 1 rings (SSSR count). The van der Waals surface area contributed by atoms with Gasteiger partial charge in [-0.3, -0.25) is 0 Å². The smallest absolute Gasteiger partial charge is 0.0395 e. The second kappa shape index (κ2) is 11.3. The van der Waals surface area contributed by atoms with E-state index in [1.165, 1.54) is 68.9 Å². The van der Waals surface area contributed by atoms with Crippen LogP contribution in [0.1, 0.15) is 100 Å². The molecule has 0 aromatic heterocycles. The van der Waals surface area contributed by atoms with Gasteiger partial charge in [0.2, 0.25) is 0 Å². The molecule has 0 amide bonds. The van der Waals surface area contributed by atoms with E-state index >= 15 is 0 Å². The van der Waals surface area contributed by atoms with Gasteiger partial charge >= 0.3 is 0 Å². The summed E-state index contributed by atoms with van der Waals surface area (Å²) in [5.41, 5.74) is 2.91. The molecule has 0 aliphatic rings. The fourth-order valence-electron chi connectivity index (χ4n) is 2.72. The third kappa shape index (κ3) is 7.49. The zero-order chi connectivity index (χ0) is 15.5. The molecule has 1 aromatic carbocycles. The number of benzene rings is 1. The van der Waals surface area contributed by atoms with Crippen LogP contribution < -0.4 is 0 Å². The lowest BCUT2D eigenvalue weighted by Gasteiger charge is -2.13. The average Bonchev–Trinajstić information content (AvgIpc) is 2.53. The SMILES string of the molecule is CCCCCCCCCC(Br)c1ccc(C(C)CC)cc1. The highest BCUT2D eigenvalue weighted by molar-refractivity contribution is 9.09. The molecular formula is C20H33Br. The lowest BCUT2D eigenvalue weighted by Crippen LogP contribution is -1.94. The molecule has 0 aliphatic carbocycles. The molecule has 1 aromatic rings. The van der Waals surface area contributed by atoms with Crippen LogP contribution in [-0.2, 0) is 0 Å². The first kappa shape index (κ1) is 18.7. The van der Waals surface area contributed by atoms with Gasteiger partial charge in [0.15, 0.2) is 0 Å². The van der Waals surface area contributed by atoms with Crippen molar-refractivity contribution in [1.29, 1.82) is 0 Å². The van der Waals surface area contributed by atoms with Gasteiger partial charge in [0.05, 0.1) is 0 Å². The summed E-state index contributed by atoms with van der Waals surface area (Å²) in [6, 6.07) is 9.23. The highest BCUT2D eigenvalue weighted by Crippen LogP contribution is 2.30. The summed E-state index contributed by atoms with van der Waals surface area (Å²) in [6.45, 7) is 6.84. The zero-order valence-electron chi connectivity index (χ0n) is 14.2. The van der Waals surface area contributed by atoms with E-state index in [1.807, 2.05) is 0 Å². The molecule has 2 atom stereocenters. The Bertz CT molecular complexity index is 355. The van der Waals surface area contributed by atoms with Crippen LogP contribution in [0.3, 0.4) is 0 Å². The lowest BCUT2D eigenvalue weighted by molar-refractivity contribution is 0.574. The predicted molar refractivity (Wildman–Crippen MR) is 99.4 cm³/mol. The van der Waals surface area contributed by atoms with Gasteiger partial charge in [0.1, 0.15) is 0 Å². The molecule has 120 valence electrons. The Kier molecular flexibility index (Phi) is 10.1. The molecule has 0 nitrogen and oxygen atoms in total. The number of unbranched alkanes of at least 4 members (excludes halogenated alkanes) is 6. The van der Waals surface area contributed by atoms with E-state index in [0.717, 1.165) is 0 Å². The summed E-state index contributed by atoms with van der Waals surface area (Å²) in [7, 11) is 0. The molecule has 0 heterocycles. The summed E-state index contributed by atoms with van der Waals surface area (Å²) >= 11 is 3.86. The summed E-state index contributed by atoms with van der Waals surface area (Å²) < 4.78 is 0. The van der Waals surface area contributed by atoms with Crippen LogP contribution in [0.15, 0.2) is 24.3 Å². The van der Waals surface area contributed by atoms with Crippen molar-refractivity contribution in [1.82, 2.24) is 0 Å². The summed E-state index contributed by atoms with van der Waals surface area (Å²) in [6.07, 6.45) is 12.2. The lowest BCUT2D eigenvalue weighted by atomic mass is 9.96. The molecule has 1 heteroatoms. The Morgan fingerprint density at radius 3 is 1.90 bits per heavy atom. The third-order valence-electron chi connectivity index (χ3n) is 4.54. The van der Waals surface area contributed by atoms with Crippen molar-refractivity contribution in [2.75, 3.05) is 0 Å². The maximum Gasteiger partial charge on any atom is 0.0395 e. The molecule has 0 fully saturated rings. The van der Waals surface area contributed by atoms with Crippen molar-refractivity contribution in [3.8, 4) is 0 Å². The molecule has 21 heavy (non-hydrogen) atoms. The van der Waals surface area contributed by atoms with Crippen LogP contribution in [0.4, 0.5) is 0 Å². The van der Waals surface area contributed by atoms with E-state index < -0.39 is 0 Å². The molecular weight excluding hydrogens is 320 g/mol. The topological polar surface area (TPSA) is 0 Å². The van der Waals surface area contributed by atoms with Gasteiger partial charge in [-0.2, -0.15) is 0 Å². The summed E-state index contributed by atoms with van der Waals surface area (Å²) in [5.74, 6) is 0.677. The van der Waals surface area contributed by atoms with Gasteiger partial charge in [0.25, 0.3) is 0 Å². The first-order chi connectivity index (χ1) is 10.2. The Morgan fingerprint density at radius 1 is 0.810 bits per heavy atom. The average molecular weight is 353 g/mol. The van der Waals surface area contributed by atoms with Crippen LogP contribution in [0.25, 0.3) is 0 Å². The van der Waals surface area contributed by atoms with Crippen molar-refractivity contribution in [2.45, 2.75) is 89.3 Å². The van der Waals surface area contributed by atoms with Crippen LogP contribution in [-0.4, -0.2) is 0 Å². The third-order valence-corrected chi connectivity index (χ3v) is 5.53. The Labute approximate surface area is 140 Å². The fraction of sp³-hybridized carbons (Fsp3) is 0.700. The quantitative estimate of drug-likeness (QED) is 0.281. The molecule has 0 saturated carbocycles. The van der Waals surface area contributed by atoms with Gasteiger partial charge in [-0.05, 0) is 29.9 Å². The number of alkyl halides is 1. The van der Waals surface area contributed by atoms with E-state index in [4.69, 9.17) is 0 Å². The minimum Gasteiger partial charge on any atom is -0.0839 e. The maximum absolute atomic E-state index is 3.86. The summed E-state index contributed by atoms with van der Waals surface area (Å²) in [4.78, 5) is 0.527. The van der Waals surface area contributed by atoms with Gasteiger partial charge in [-0.15, -0.1) is 0 Å². The first-order valence-electron chi connectivity index (χ1n) is 8.92. The van der Waals surface area contributed by atoms with E-state index in [2.05, 4.69) is 61.0 Å². The number of hydrogen-bond donors (Lipinski definition) is 0. The highest BCUT2D eigenvalue weighted by atomic mass is 79.9. The number of hydrogen-bond acceptors (Lipinski definition) is 0. The van der Waals surface area contributed by atoms with E-state index in [-0.39, 0.29) is 0 Å². The van der Waals surface area contributed by atoms with Gasteiger partial charge in [-0.25, -0.2) is 0 Å². The van der Waals surface area contributed by atoms with Crippen molar-refractivity contribution < 1.29 is 0 Å². The van der Waals surface area contributed by atoms with E-state index in [0.29, 0.717) is 10.7 Å². The highest BCUT2D eigenvalue weighted by Gasteiger charge is 2.08. The van der Waals surface area contributed by atoms with Gasteiger partial charge in [0, 0.05) is 4.83 Å². The molecule has 0 aliphatic heterocycles. The molecule has 0 saturated heterocycles. The first-order valence-corrected chi connectivity index (χ1v) is 9.84. The monoisotopic (exact) mass is 352 g/mol. The van der Waals surface area contributed by atoms with Crippen molar-refractivity contribution >= 4 is 15.9 Å². The standard InChI is InChI=1S/C20H33Br/c1-4-6-7-8-9-10-11-12-20(21)19-15-13-18(14-16-19)17(3)5-2/h13-17,20H,4-12H2,1-3H3. The van der Waals surface area contributed by atoms with Crippen LogP contribution in [0.5, 0.6) is 0 Å². The normalized spacial score (nSPS) is 14.1. The predicted octanol–water partition coefficient (Wildman–Crippen LogP) is 7.78. The maximum atomic E-state index is 3.86. The van der Waals surface area contributed by atoms with E-state index in [9.17, 15) is 0 Å². The Balaban J connectivity index is 2.24. The summed E-state index contributed by atoms with van der Waals surface area (Å²) in [5, 5.41) is 0. The fourth-order valence-corrected chi connectivity index (χ4v) is 3.35. The second-order valence-electron chi connectivity index (χ2n) is 6.35. The number of halogens is 1. The second-order valence-corrected chi connectivity index (χ2v) is 7.46.